The van der Waals surface area contributed by atoms with Crippen molar-refractivity contribution >= 4 is 21.1 Å². The molecule has 8 heteroatoms. The van der Waals surface area contributed by atoms with Gasteiger partial charge in [0.2, 0.25) is 10.0 Å². The van der Waals surface area contributed by atoms with Crippen LogP contribution in [0.15, 0.2) is 21.7 Å². The minimum Gasteiger partial charge on any atom is -0.336 e. The molecule has 2 aromatic rings. The van der Waals surface area contributed by atoms with Gasteiger partial charge in [-0.2, -0.15) is 0 Å². The molecule has 0 amide bonds. The lowest BCUT2D eigenvalue weighted by atomic mass is 10.2. The zero-order valence-electron chi connectivity index (χ0n) is 14.1. The van der Waals surface area contributed by atoms with Gasteiger partial charge in [0.1, 0.15) is 4.90 Å². The quantitative estimate of drug-likeness (QED) is 0.681. The highest BCUT2D eigenvalue weighted by Gasteiger charge is 2.22. The fourth-order valence-corrected chi connectivity index (χ4v) is 3.50. The topological polar surface area (TPSA) is 79.5 Å². The van der Waals surface area contributed by atoms with Gasteiger partial charge in [-0.25, -0.2) is 17.7 Å². The van der Waals surface area contributed by atoms with Crippen LogP contribution in [0.25, 0.3) is 11.1 Å². The summed E-state index contributed by atoms with van der Waals surface area (Å²) >= 11 is 0. The predicted molar refractivity (Wildman–Crippen MR) is 88.8 cm³/mol. The Bertz CT molecular complexity index is 755. The molecule has 23 heavy (non-hydrogen) atoms. The standard InChI is InChI=1S/C15H24N4O3S/c1-5-14-13-10-12(11-16-15(13)22-17-14)23(20,21)19(4)9-7-6-8-18(2)3/h10-11H,5-9H2,1-4H3. The van der Waals surface area contributed by atoms with Gasteiger partial charge in [0, 0.05) is 13.6 Å². The summed E-state index contributed by atoms with van der Waals surface area (Å²) in [4.78, 5) is 6.34. The molecule has 0 aliphatic carbocycles. The highest BCUT2D eigenvalue weighted by atomic mass is 32.2. The molecular formula is C15H24N4O3S. The van der Waals surface area contributed by atoms with Gasteiger partial charge < -0.3 is 9.42 Å². The monoisotopic (exact) mass is 340 g/mol. The minimum absolute atomic E-state index is 0.179. The fourth-order valence-electron chi connectivity index (χ4n) is 2.32. The Hall–Kier alpha value is -1.51. The maximum absolute atomic E-state index is 12.6. The van der Waals surface area contributed by atoms with E-state index in [2.05, 4.69) is 15.0 Å². The van der Waals surface area contributed by atoms with E-state index in [4.69, 9.17) is 4.52 Å². The first kappa shape index (κ1) is 17.8. The number of fused-ring (bicyclic) bond motifs is 1. The van der Waals surface area contributed by atoms with Crippen LogP contribution < -0.4 is 0 Å². The molecule has 0 saturated heterocycles. The lowest BCUT2D eigenvalue weighted by molar-refractivity contribution is 0.378. The van der Waals surface area contributed by atoms with Crippen molar-refractivity contribution in [3.8, 4) is 0 Å². The number of hydrogen-bond acceptors (Lipinski definition) is 6. The number of aryl methyl sites for hydroxylation is 1. The highest BCUT2D eigenvalue weighted by molar-refractivity contribution is 7.89. The number of unbranched alkanes of at least 4 members (excludes halogenated alkanes) is 1. The fraction of sp³-hybridized carbons (Fsp3) is 0.600. The van der Waals surface area contributed by atoms with Crippen LogP contribution in [0.5, 0.6) is 0 Å². The van der Waals surface area contributed by atoms with Crippen molar-refractivity contribution in [1.29, 1.82) is 0 Å². The maximum Gasteiger partial charge on any atom is 0.258 e. The van der Waals surface area contributed by atoms with Crippen molar-refractivity contribution in [2.45, 2.75) is 31.1 Å². The van der Waals surface area contributed by atoms with E-state index in [0.29, 0.717) is 24.1 Å². The third kappa shape index (κ3) is 4.07. The van der Waals surface area contributed by atoms with Crippen molar-refractivity contribution in [3.05, 3.63) is 18.0 Å². The molecule has 0 N–H and O–H groups in total. The summed E-state index contributed by atoms with van der Waals surface area (Å²) in [7, 11) is 2.07. The number of pyridine rings is 1. The Morgan fingerprint density at radius 2 is 1.87 bits per heavy atom. The highest BCUT2D eigenvalue weighted by Crippen LogP contribution is 2.22. The molecule has 0 saturated carbocycles. The van der Waals surface area contributed by atoms with Crippen molar-refractivity contribution in [3.63, 3.8) is 0 Å². The van der Waals surface area contributed by atoms with Gasteiger partial charge in [0.05, 0.1) is 17.3 Å². The smallest absolute Gasteiger partial charge is 0.258 e. The summed E-state index contributed by atoms with van der Waals surface area (Å²) in [6.07, 6.45) is 3.77. The number of aromatic nitrogens is 2. The lowest BCUT2D eigenvalue weighted by Crippen LogP contribution is -2.28. The van der Waals surface area contributed by atoms with Gasteiger partial charge in [-0.3, -0.25) is 0 Å². The Morgan fingerprint density at radius 1 is 1.17 bits per heavy atom. The van der Waals surface area contributed by atoms with Crippen LogP contribution >= 0.6 is 0 Å². The molecule has 0 aliphatic rings. The summed E-state index contributed by atoms with van der Waals surface area (Å²) in [6, 6.07) is 1.60. The van der Waals surface area contributed by atoms with E-state index >= 15 is 0 Å². The molecular weight excluding hydrogens is 316 g/mol. The zero-order valence-corrected chi connectivity index (χ0v) is 14.9. The average molecular weight is 340 g/mol. The average Bonchev–Trinajstić information content (AvgIpc) is 2.93. The predicted octanol–water partition coefficient (Wildman–Crippen LogP) is 1.75. The molecule has 0 bridgehead atoms. The molecule has 128 valence electrons. The van der Waals surface area contributed by atoms with E-state index < -0.39 is 10.0 Å². The van der Waals surface area contributed by atoms with E-state index in [1.54, 1.807) is 13.1 Å². The van der Waals surface area contributed by atoms with Crippen molar-refractivity contribution in [1.82, 2.24) is 19.3 Å². The molecule has 0 radical (unpaired) electrons. The van der Waals surface area contributed by atoms with Crippen molar-refractivity contribution < 1.29 is 12.9 Å². The Labute approximate surface area is 137 Å². The SMILES string of the molecule is CCc1noc2ncc(S(=O)(=O)N(C)CCCCN(C)C)cc12. The number of rotatable bonds is 8. The van der Waals surface area contributed by atoms with E-state index in [-0.39, 0.29) is 4.90 Å². The molecule has 0 unspecified atom stereocenters. The molecule has 0 atom stereocenters. The molecule has 7 nitrogen and oxygen atoms in total. The lowest BCUT2D eigenvalue weighted by Gasteiger charge is -2.17. The normalized spacial score (nSPS) is 12.6. The van der Waals surface area contributed by atoms with Gasteiger partial charge in [0.15, 0.2) is 0 Å². The molecule has 2 heterocycles. The number of nitrogens with zero attached hydrogens (tertiary/aromatic N) is 4. The van der Waals surface area contributed by atoms with Gasteiger partial charge in [-0.15, -0.1) is 0 Å². The Kier molecular flexibility index (Phi) is 5.72. The van der Waals surface area contributed by atoms with Crippen LogP contribution in [0, 0.1) is 0 Å². The molecule has 0 spiro atoms. The molecule has 0 fully saturated rings. The Morgan fingerprint density at radius 3 is 2.52 bits per heavy atom. The summed E-state index contributed by atoms with van der Waals surface area (Å²) < 4.78 is 31.8. The summed E-state index contributed by atoms with van der Waals surface area (Å²) in [5, 5.41) is 4.57. The number of sulfonamides is 1. The Balaban J connectivity index is 2.15. The largest absolute Gasteiger partial charge is 0.336 e. The number of hydrogen-bond donors (Lipinski definition) is 0. The van der Waals surface area contributed by atoms with E-state index in [1.807, 2.05) is 21.0 Å². The van der Waals surface area contributed by atoms with E-state index in [1.165, 1.54) is 10.5 Å². The third-order valence-corrected chi connectivity index (χ3v) is 5.57. The van der Waals surface area contributed by atoms with E-state index in [0.717, 1.165) is 25.1 Å². The second kappa shape index (κ2) is 7.37. The van der Waals surface area contributed by atoms with Crippen LogP contribution in [-0.4, -0.2) is 62.0 Å². The summed E-state index contributed by atoms with van der Waals surface area (Å²) in [6.45, 7) is 3.37. The molecule has 0 aromatic carbocycles. The van der Waals surface area contributed by atoms with Gasteiger partial charge in [0.25, 0.3) is 5.71 Å². The van der Waals surface area contributed by atoms with Crippen LogP contribution in [0.3, 0.4) is 0 Å². The second-order valence-corrected chi connectivity index (χ2v) is 7.89. The van der Waals surface area contributed by atoms with Crippen LogP contribution in [0.2, 0.25) is 0 Å². The first-order chi connectivity index (χ1) is 10.9. The first-order valence-corrected chi connectivity index (χ1v) is 9.15. The van der Waals surface area contributed by atoms with Gasteiger partial charge in [-0.1, -0.05) is 12.1 Å². The zero-order chi connectivity index (χ0) is 17.0. The third-order valence-electron chi connectivity index (χ3n) is 3.75. The minimum atomic E-state index is -3.55. The molecule has 2 aromatic heterocycles. The maximum atomic E-state index is 12.6. The van der Waals surface area contributed by atoms with Gasteiger partial charge >= 0.3 is 0 Å². The van der Waals surface area contributed by atoms with E-state index in [9.17, 15) is 8.42 Å². The first-order valence-electron chi connectivity index (χ1n) is 7.71. The second-order valence-electron chi connectivity index (χ2n) is 5.84. The summed E-state index contributed by atoms with van der Waals surface area (Å²) in [5.74, 6) is 0. The van der Waals surface area contributed by atoms with Gasteiger partial charge in [-0.05, 0) is 46.0 Å². The van der Waals surface area contributed by atoms with Crippen LogP contribution in [0.1, 0.15) is 25.5 Å². The molecule has 0 aliphatic heterocycles. The van der Waals surface area contributed by atoms with Crippen LogP contribution in [-0.2, 0) is 16.4 Å². The summed E-state index contributed by atoms with van der Waals surface area (Å²) in [5.41, 5.74) is 1.09. The molecule has 2 rings (SSSR count). The van der Waals surface area contributed by atoms with Crippen molar-refractivity contribution in [2.24, 2.45) is 0 Å². The van der Waals surface area contributed by atoms with Crippen molar-refractivity contribution in [2.75, 3.05) is 34.2 Å². The van der Waals surface area contributed by atoms with Crippen LogP contribution in [0.4, 0.5) is 0 Å².